The Hall–Kier alpha value is -2.30. The zero-order valence-electron chi connectivity index (χ0n) is 12.5. The maximum absolute atomic E-state index is 12.4. The van der Waals surface area contributed by atoms with E-state index >= 15 is 0 Å². The van der Waals surface area contributed by atoms with Gasteiger partial charge in [-0.05, 0) is 24.3 Å². The quantitative estimate of drug-likeness (QED) is 0.907. The average molecular weight is 299 g/mol. The number of aromatic nitrogens is 1. The molecule has 1 atom stereocenters. The number of anilines is 1. The number of nitrogens with two attached hydrogens (primary N) is 1. The predicted octanol–water partition coefficient (Wildman–Crippen LogP) is 3.31. The van der Waals surface area contributed by atoms with Gasteiger partial charge in [0.05, 0.1) is 6.04 Å². The Morgan fingerprint density at radius 2 is 1.95 bits per heavy atom. The van der Waals surface area contributed by atoms with E-state index in [1.54, 1.807) is 0 Å². The third-order valence-electron chi connectivity index (χ3n) is 4.32. The minimum Gasteiger partial charge on any atom is -0.431 e. The Morgan fingerprint density at radius 1 is 1.23 bits per heavy atom. The van der Waals surface area contributed by atoms with Crippen molar-refractivity contribution in [2.45, 2.75) is 38.1 Å². The van der Waals surface area contributed by atoms with Crippen LogP contribution in [0.4, 0.5) is 6.01 Å². The Labute approximate surface area is 129 Å². The molecule has 3 rings (SSSR count). The Balaban J connectivity index is 1.80. The molecule has 116 valence electrons. The van der Waals surface area contributed by atoms with Gasteiger partial charge in [0, 0.05) is 0 Å². The molecule has 0 bridgehead atoms. The van der Waals surface area contributed by atoms with Gasteiger partial charge in [-0.25, -0.2) is 0 Å². The maximum atomic E-state index is 12.4. The monoisotopic (exact) mass is 299 g/mol. The molecule has 5 heteroatoms. The summed E-state index contributed by atoms with van der Waals surface area (Å²) in [6, 6.07) is 10.2. The van der Waals surface area contributed by atoms with E-state index in [1.165, 1.54) is 25.5 Å². The van der Waals surface area contributed by atoms with Crippen LogP contribution in [0.5, 0.6) is 0 Å². The first-order valence-corrected chi connectivity index (χ1v) is 7.81. The fourth-order valence-corrected chi connectivity index (χ4v) is 3.21. The van der Waals surface area contributed by atoms with Crippen molar-refractivity contribution in [3.8, 4) is 0 Å². The standard InChI is InChI=1S/C17H21N3O2/c18-17-19-14(11-22-17)16(21)20-15(12-7-3-1-4-8-12)13-9-5-2-6-10-13/h1,3-4,7-8,11,13,15H,2,5-6,9-10H2,(H2,18,19)(H,20,21). The van der Waals surface area contributed by atoms with Crippen LogP contribution in [0.2, 0.25) is 0 Å². The average Bonchev–Trinajstić information content (AvgIpc) is 3.01. The van der Waals surface area contributed by atoms with Crippen LogP contribution in [0.25, 0.3) is 0 Å². The highest BCUT2D eigenvalue weighted by Crippen LogP contribution is 2.34. The van der Waals surface area contributed by atoms with Crippen molar-refractivity contribution in [1.29, 1.82) is 0 Å². The molecule has 1 aliphatic carbocycles. The van der Waals surface area contributed by atoms with E-state index < -0.39 is 0 Å². The van der Waals surface area contributed by atoms with Gasteiger partial charge in [0.1, 0.15) is 6.26 Å². The fourth-order valence-electron chi connectivity index (χ4n) is 3.21. The summed E-state index contributed by atoms with van der Waals surface area (Å²) in [6.45, 7) is 0. The second-order valence-corrected chi connectivity index (χ2v) is 5.83. The van der Waals surface area contributed by atoms with Crippen LogP contribution < -0.4 is 11.1 Å². The summed E-state index contributed by atoms with van der Waals surface area (Å²) in [5.41, 5.74) is 6.81. The molecule has 0 spiro atoms. The van der Waals surface area contributed by atoms with Crippen molar-refractivity contribution in [3.05, 3.63) is 47.9 Å². The molecule has 1 saturated carbocycles. The van der Waals surface area contributed by atoms with Gasteiger partial charge in [-0.3, -0.25) is 4.79 Å². The lowest BCUT2D eigenvalue weighted by atomic mass is 9.81. The molecule has 1 fully saturated rings. The molecule has 5 nitrogen and oxygen atoms in total. The summed E-state index contributed by atoms with van der Waals surface area (Å²) < 4.78 is 4.92. The molecule has 1 heterocycles. The number of rotatable bonds is 4. The summed E-state index contributed by atoms with van der Waals surface area (Å²) in [4.78, 5) is 16.3. The van der Waals surface area contributed by atoms with E-state index in [4.69, 9.17) is 10.2 Å². The van der Waals surface area contributed by atoms with E-state index in [2.05, 4.69) is 22.4 Å². The van der Waals surface area contributed by atoms with Crippen LogP contribution in [-0.4, -0.2) is 10.9 Å². The van der Waals surface area contributed by atoms with Crippen LogP contribution in [0.15, 0.2) is 41.0 Å². The third-order valence-corrected chi connectivity index (χ3v) is 4.32. The van der Waals surface area contributed by atoms with Crippen molar-refractivity contribution in [2.75, 3.05) is 5.73 Å². The number of hydrogen-bond acceptors (Lipinski definition) is 4. The van der Waals surface area contributed by atoms with Crippen LogP contribution in [0.1, 0.15) is 54.2 Å². The van der Waals surface area contributed by atoms with Gasteiger partial charge < -0.3 is 15.5 Å². The molecule has 0 radical (unpaired) electrons. The smallest absolute Gasteiger partial charge is 0.292 e. The van der Waals surface area contributed by atoms with Gasteiger partial charge in [0.25, 0.3) is 11.9 Å². The number of benzene rings is 1. The predicted molar refractivity (Wildman–Crippen MR) is 84.1 cm³/mol. The molecule has 1 aromatic heterocycles. The molecule has 1 unspecified atom stereocenters. The van der Waals surface area contributed by atoms with E-state index in [-0.39, 0.29) is 23.7 Å². The SMILES string of the molecule is Nc1nc(C(=O)NC(c2ccccc2)C2CCCCC2)co1. The number of carbonyl (C=O) groups is 1. The lowest BCUT2D eigenvalue weighted by molar-refractivity contribution is 0.0907. The molecule has 22 heavy (non-hydrogen) atoms. The highest BCUT2D eigenvalue weighted by atomic mass is 16.4. The lowest BCUT2D eigenvalue weighted by Gasteiger charge is -2.31. The van der Waals surface area contributed by atoms with E-state index in [0.29, 0.717) is 5.92 Å². The van der Waals surface area contributed by atoms with E-state index in [1.807, 2.05) is 18.2 Å². The molecule has 3 N–H and O–H groups in total. The summed E-state index contributed by atoms with van der Waals surface area (Å²) in [6.07, 6.45) is 7.31. The number of amides is 1. The zero-order valence-corrected chi connectivity index (χ0v) is 12.5. The first kappa shape index (κ1) is 14.6. The number of oxazole rings is 1. The second kappa shape index (κ2) is 6.64. The van der Waals surface area contributed by atoms with Crippen LogP contribution in [0.3, 0.4) is 0 Å². The summed E-state index contributed by atoms with van der Waals surface area (Å²) in [5.74, 6) is 0.226. The highest BCUT2D eigenvalue weighted by molar-refractivity contribution is 5.92. The number of hydrogen-bond donors (Lipinski definition) is 2. The fraction of sp³-hybridized carbons (Fsp3) is 0.412. The summed E-state index contributed by atoms with van der Waals surface area (Å²) in [5, 5.41) is 3.12. The maximum Gasteiger partial charge on any atom is 0.292 e. The van der Waals surface area contributed by atoms with Crippen molar-refractivity contribution in [1.82, 2.24) is 10.3 Å². The molecule has 0 aliphatic heterocycles. The highest BCUT2D eigenvalue weighted by Gasteiger charge is 2.27. The van der Waals surface area contributed by atoms with Gasteiger partial charge in [0.2, 0.25) is 0 Å². The minimum absolute atomic E-state index is 0.00641. The molecule has 1 aromatic carbocycles. The summed E-state index contributed by atoms with van der Waals surface area (Å²) >= 11 is 0. The molecular weight excluding hydrogens is 278 g/mol. The molecule has 0 saturated heterocycles. The zero-order chi connectivity index (χ0) is 15.4. The molecular formula is C17H21N3O2. The molecule has 2 aromatic rings. The van der Waals surface area contributed by atoms with Gasteiger partial charge in [0.15, 0.2) is 5.69 Å². The number of nitrogens with zero attached hydrogens (tertiary/aromatic N) is 1. The molecule has 1 amide bonds. The first-order chi connectivity index (χ1) is 10.7. The lowest BCUT2D eigenvalue weighted by Crippen LogP contribution is -2.34. The van der Waals surface area contributed by atoms with Gasteiger partial charge in [-0.15, -0.1) is 0 Å². The van der Waals surface area contributed by atoms with Crippen LogP contribution in [-0.2, 0) is 0 Å². The molecule has 1 aliphatic rings. The van der Waals surface area contributed by atoms with Crippen molar-refractivity contribution >= 4 is 11.9 Å². The normalized spacial score (nSPS) is 17.1. The van der Waals surface area contributed by atoms with Crippen molar-refractivity contribution in [2.24, 2.45) is 5.92 Å². The van der Waals surface area contributed by atoms with Gasteiger partial charge in [-0.2, -0.15) is 4.98 Å². The Morgan fingerprint density at radius 3 is 2.59 bits per heavy atom. The van der Waals surface area contributed by atoms with E-state index in [0.717, 1.165) is 18.4 Å². The topological polar surface area (TPSA) is 81.1 Å². The third kappa shape index (κ3) is 3.30. The van der Waals surface area contributed by atoms with E-state index in [9.17, 15) is 4.79 Å². The first-order valence-electron chi connectivity index (χ1n) is 7.81. The Bertz CT molecular complexity index is 618. The number of carbonyl (C=O) groups excluding carboxylic acids is 1. The van der Waals surface area contributed by atoms with Crippen molar-refractivity contribution < 1.29 is 9.21 Å². The summed E-state index contributed by atoms with van der Waals surface area (Å²) in [7, 11) is 0. The minimum atomic E-state index is -0.236. The second-order valence-electron chi connectivity index (χ2n) is 5.83. The largest absolute Gasteiger partial charge is 0.431 e. The van der Waals surface area contributed by atoms with Crippen LogP contribution in [0, 0.1) is 5.92 Å². The number of nitrogens with one attached hydrogen (secondary N) is 1. The van der Waals surface area contributed by atoms with Gasteiger partial charge in [-0.1, -0.05) is 49.6 Å². The Kier molecular flexibility index (Phi) is 4.42. The van der Waals surface area contributed by atoms with Crippen LogP contribution >= 0.6 is 0 Å². The van der Waals surface area contributed by atoms with Crippen molar-refractivity contribution in [3.63, 3.8) is 0 Å². The van der Waals surface area contributed by atoms with Gasteiger partial charge >= 0.3 is 0 Å². The number of nitrogen functional groups attached to an aromatic ring is 1.